The van der Waals surface area contributed by atoms with Gasteiger partial charge < -0.3 is 19.2 Å². The molecule has 0 saturated heterocycles. The highest BCUT2D eigenvalue weighted by Gasteiger charge is 2.30. The van der Waals surface area contributed by atoms with Crippen molar-refractivity contribution in [1.82, 2.24) is 9.88 Å². The van der Waals surface area contributed by atoms with E-state index >= 15 is 0 Å². The molecule has 1 aliphatic heterocycles. The normalized spacial score (nSPS) is 15.8. The summed E-state index contributed by atoms with van der Waals surface area (Å²) in [6, 6.07) is 58.2. The summed E-state index contributed by atoms with van der Waals surface area (Å²) in [5, 5.41) is 12.3. The zero-order chi connectivity index (χ0) is 33.2. The molecule has 2 N–H and O–H groups in total. The number of aromatic nitrogens is 1. The molecule has 1 aliphatic rings. The average molecular weight is 647 g/mol. The molecule has 50 heavy (non-hydrogen) atoms. The van der Waals surface area contributed by atoms with Crippen molar-refractivity contribution in [3.63, 3.8) is 0 Å². The van der Waals surface area contributed by atoms with E-state index in [4.69, 9.17) is 4.42 Å². The quantitative estimate of drug-likeness (QED) is 0.195. The minimum Gasteiger partial charge on any atom is -0.455 e. The third-order valence-electron chi connectivity index (χ3n) is 10.3. The number of furan rings is 1. The number of para-hydroxylation sites is 3. The van der Waals surface area contributed by atoms with Crippen molar-refractivity contribution in [3.05, 3.63) is 175 Å². The molecule has 3 heterocycles. The highest BCUT2D eigenvalue weighted by atomic mass is 16.3. The molecular formula is C45H34N4O. The number of anilines is 3. The lowest BCUT2D eigenvalue weighted by Gasteiger charge is -2.36. The molecule has 2 atom stereocenters. The largest absolute Gasteiger partial charge is 0.455 e. The van der Waals surface area contributed by atoms with Crippen LogP contribution >= 0.6 is 0 Å². The predicted molar refractivity (Wildman–Crippen MR) is 207 cm³/mol. The predicted octanol–water partition coefficient (Wildman–Crippen LogP) is 11.4. The molecule has 240 valence electrons. The van der Waals surface area contributed by atoms with E-state index in [-0.39, 0.29) is 12.3 Å². The van der Waals surface area contributed by atoms with Crippen LogP contribution in [0.3, 0.4) is 0 Å². The first-order valence-electron chi connectivity index (χ1n) is 17.2. The molecule has 0 radical (unpaired) electrons. The Morgan fingerprint density at radius 1 is 0.620 bits per heavy atom. The Morgan fingerprint density at radius 3 is 2.22 bits per heavy atom. The lowest BCUT2D eigenvalue weighted by molar-refractivity contribution is 0.417. The molecule has 9 aromatic rings. The van der Waals surface area contributed by atoms with Crippen molar-refractivity contribution in [2.24, 2.45) is 0 Å². The SMILES string of the molecule is CN(c1ccc2c(c1)c1c3oc4ccccc4c3ccc1n2C1Nc2ccccc2C(c2ccccc2)N1)c1ccccc1-c1ccccc1. The van der Waals surface area contributed by atoms with Gasteiger partial charge in [-0.05, 0) is 65.2 Å². The van der Waals surface area contributed by atoms with Gasteiger partial charge in [0.15, 0.2) is 6.29 Å². The van der Waals surface area contributed by atoms with Crippen LogP contribution in [0.25, 0.3) is 54.9 Å². The van der Waals surface area contributed by atoms with Gasteiger partial charge in [-0.2, -0.15) is 0 Å². The summed E-state index contributed by atoms with van der Waals surface area (Å²) in [6.07, 6.45) is -0.223. The molecule has 0 spiro atoms. The van der Waals surface area contributed by atoms with E-state index in [1.807, 2.05) is 6.07 Å². The van der Waals surface area contributed by atoms with E-state index in [0.717, 1.165) is 60.8 Å². The maximum Gasteiger partial charge on any atom is 0.160 e. The van der Waals surface area contributed by atoms with Crippen LogP contribution in [0.2, 0.25) is 0 Å². The second kappa shape index (κ2) is 11.4. The zero-order valence-corrected chi connectivity index (χ0v) is 27.5. The summed E-state index contributed by atoms with van der Waals surface area (Å²) < 4.78 is 9.12. The van der Waals surface area contributed by atoms with Crippen LogP contribution < -0.4 is 15.5 Å². The van der Waals surface area contributed by atoms with E-state index in [0.29, 0.717) is 0 Å². The molecule has 0 bridgehead atoms. The lowest BCUT2D eigenvalue weighted by atomic mass is 9.95. The van der Waals surface area contributed by atoms with Crippen LogP contribution in [0.15, 0.2) is 168 Å². The number of hydrogen-bond acceptors (Lipinski definition) is 4. The molecule has 5 nitrogen and oxygen atoms in total. The Balaban J connectivity index is 1.20. The third-order valence-corrected chi connectivity index (χ3v) is 10.3. The van der Waals surface area contributed by atoms with Crippen LogP contribution in [0, 0.1) is 0 Å². The van der Waals surface area contributed by atoms with E-state index in [9.17, 15) is 0 Å². The molecule has 0 amide bonds. The molecule has 7 aromatic carbocycles. The first-order chi connectivity index (χ1) is 24.7. The second-order valence-corrected chi connectivity index (χ2v) is 13.1. The Labute approximate surface area is 290 Å². The summed E-state index contributed by atoms with van der Waals surface area (Å²) in [7, 11) is 2.16. The van der Waals surface area contributed by atoms with Crippen molar-refractivity contribution < 1.29 is 4.42 Å². The Bertz CT molecular complexity index is 2690. The average Bonchev–Trinajstić information content (AvgIpc) is 3.73. The maximum atomic E-state index is 6.72. The third kappa shape index (κ3) is 4.44. The highest BCUT2D eigenvalue weighted by Crippen LogP contribution is 2.44. The molecule has 0 saturated carbocycles. The van der Waals surface area contributed by atoms with Gasteiger partial charge in [0.2, 0.25) is 0 Å². The van der Waals surface area contributed by atoms with E-state index < -0.39 is 0 Å². The Morgan fingerprint density at radius 2 is 1.34 bits per heavy atom. The molecule has 5 heteroatoms. The van der Waals surface area contributed by atoms with Crippen LogP contribution in [-0.4, -0.2) is 11.6 Å². The van der Waals surface area contributed by atoms with E-state index in [1.165, 1.54) is 22.3 Å². The Hall–Kier alpha value is -6.30. The number of nitrogens with zero attached hydrogens (tertiary/aromatic N) is 2. The number of nitrogens with one attached hydrogen (secondary N) is 2. The molecular weight excluding hydrogens is 613 g/mol. The fourth-order valence-corrected chi connectivity index (χ4v) is 7.93. The summed E-state index contributed by atoms with van der Waals surface area (Å²) in [6.45, 7) is 0. The van der Waals surface area contributed by atoms with E-state index in [2.05, 4.69) is 185 Å². The van der Waals surface area contributed by atoms with Crippen LogP contribution in [-0.2, 0) is 0 Å². The van der Waals surface area contributed by atoms with Crippen LogP contribution in [0.1, 0.15) is 23.5 Å². The first kappa shape index (κ1) is 28.7. The van der Waals surface area contributed by atoms with Crippen molar-refractivity contribution in [1.29, 1.82) is 0 Å². The van der Waals surface area contributed by atoms with Crippen molar-refractivity contribution in [2.75, 3.05) is 17.3 Å². The van der Waals surface area contributed by atoms with Crippen molar-refractivity contribution >= 4 is 60.8 Å². The van der Waals surface area contributed by atoms with Gasteiger partial charge in [-0.3, -0.25) is 5.32 Å². The molecule has 10 rings (SSSR count). The van der Waals surface area contributed by atoms with Gasteiger partial charge >= 0.3 is 0 Å². The second-order valence-electron chi connectivity index (χ2n) is 13.1. The van der Waals surface area contributed by atoms with Gasteiger partial charge in [-0.25, -0.2) is 0 Å². The summed E-state index contributed by atoms with van der Waals surface area (Å²) >= 11 is 0. The van der Waals surface area contributed by atoms with E-state index in [1.54, 1.807) is 0 Å². The fourth-order valence-electron chi connectivity index (χ4n) is 7.93. The first-order valence-corrected chi connectivity index (χ1v) is 17.2. The van der Waals surface area contributed by atoms with Gasteiger partial charge in [0, 0.05) is 45.8 Å². The number of hydrogen-bond donors (Lipinski definition) is 2. The van der Waals surface area contributed by atoms with Gasteiger partial charge in [0.05, 0.1) is 22.5 Å². The summed E-state index contributed by atoms with van der Waals surface area (Å²) in [5.41, 5.74) is 12.3. The minimum absolute atomic E-state index is 0.0148. The minimum atomic E-state index is -0.223. The van der Waals surface area contributed by atoms with Gasteiger partial charge in [-0.1, -0.05) is 115 Å². The number of rotatable bonds is 5. The lowest BCUT2D eigenvalue weighted by Crippen LogP contribution is -2.40. The Kier molecular flexibility index (Phi) is 6.54. The van der Waals surface area contributed by atoms with Crippen molar-refractivity contribution in [3.8, 4) is 11.1 Å². The maximum absolute atomic E-state index is 6.72. The van der Waals surface area contributed by atoms with Gasteiger partial charge in [0.1, 0.15) is 11.2 Å². The zero-order valence-electron chi connectivity index (χ0n) is 27.5. The van der Waals surface area contributed by atoms with Gasteiger partial charge in [0.25, 0.3) is 0 Å². The molecule has 0 aliphatic carbocycles. The highest BCUT2D eigenvalue weighted by molar-refractivity contribution is 6.23. The summed E-state index contributed by atoms with van der Waals surface area (Å²) in [5.74, 6) is 0. The number of benzene rings is 7. The fraction of sp³-hybridized carbons (Fsp3) is 0.0667. The topological polar surface area (TPSA) is 45.4 Å². The molecule has 0 fully saturated rings. The van der Waals surface area contributed by atoms with Crippen LogP contribution in [0.4, 0.5) is 17.1 Å². The monoisotopic (exact) mass is 646 g/mol. The van der Waals surface area contributed by atoms with Crippen LogP contribution in [0.5, 0.6) is 0 Å². The molecule has 2 aromatic heterocycles. The number of fused-ring (bicyclic) bond motifs is 8. The smallest absolute Gasteiger partial charge is 0.160 e. The van der Waals surface area contributed by atoms with Gasteiger partial charge in [-0.15, -0.1) is 0 Å². The standard InChI is InChI=1S/C45H34N4O/c1-48(38-22-12-9-18-32(38)29-14-4-2-5-15-29)31-24-26-39-36(28-31)42-40(27-25-34-33-19-10-13-23-41(33)50-44(34)42)49(39)45-46-37-21-11-8-20-35(37)43(47-45)30-16-6-3-7-17-30/h2-28,43,45-47H,1H3. The molecule has 2 unspecified atom stereocenters. The summed E-state index contributed by atoms with van der Waals surface area (Å²) in [4.78, 5) is 2.29. The van der Waals surface area contributed by atoms with Crippen molar-refractivity contribution in [2.45, 2.75) is 12.3 Å².